The van der Waals surface area contributed by atoms with E-state index >= 15 is 0 Å². The standard InChI is InChI=1S/C17H18F2N6O/c1-2-20-17(21-9-11-8-12(18)5-6-13(11)19)22-10-15-23-16(25-24-15)14-4-3-7-26-14/h3-8H,2,9-10H2,1H3,(H2,20,21,22)(H,23,24,25). The Balaban J connectivity index is 1.64. The number of hydrogen-bond donors (Lipinski definition) is 3. The molecule has 3 aromatic rings. The van der Waals surface area contributed by atoms with Gasteiger partial charge in [-0.1, -0.05) is 0 Å². The van der Waals surface area contributed by atoms with Gasteiger partial charge < -0.3 is 15.1 Å². The molecule has 9 heteroatoms. The predicted octanol–water partition coefficient (Wildman–Crippen LogP) is 2.60. The van der Waals surface area contributed by atoms with Crippen LogP contribution in [0.2, 0.25) is 0 Å². The Hall–Kier alpha value is -3.23. The Morgan fingerprint density at radius 2 is 2.15 bits per heavy atom. The minimum atomic E-state index is -0.498. The van der Waals surface area contributed by atoms with Crippen molar-refractivity contribution in [2.75, 3.05) is 6.54 Å². The highest BCUT2D eigenvalue weighted by Crippen LogP contribution is 2.14. The Morgan fingerprint density at radius 1 is 1.27 bits per heavy atom. The molecule has 136 valence electrons. The number of aromatic nitrogens is 3. The number of aliphatic imine (C=N–C) groups is 1. The molecule has 3 rings (SSSR count). The summed E-state index contributed by atoms with van der Waals surface area (Å²) in [4.78, 5) is 8.58. The van der Waals surface area contributed by atoms with Gasteiger partial charge in [0.15, 0.2) is 11.7 Å². The normalized spacial score (nSPS) is 11.6. The first kappa shape index (κ1) is 17.6. The maximum Gasteiger partial charge on any atom is 0.216 e. The second-order valence-electron chi connectivity index (χ2n) is 5.37. The molecule has 0 aliphatic carbocycles. The van der Waals surface area contributed by atoms with Crippen LogP contribution in [0.3, 0.4) is 0 Å². The summed E-state index contributed by atoms with van der Waals surface area (Å²) in [5.74, 6) is 1.06. The molecule has 0 aliphatic heterocycles. The highest BCUT2D eigenvalue weighted by molar-refractivity contribution is 5.79. The highest BCUT2D eigenvalue weighted by Gasteiger charge is 2.09. The molecule has 2 aromatic heterocycles. The average Bonchev–Trinajstić information content (AvgIpc) is 3.31. The molecule has 0 bridgehead atoms. The van der Waals surface area contributed by atoms with Gasteiger partial charge in [0, 0.05) is 12.1 Å². The molecule has 0 atom stereocenters. The number of aromatic amines is 1. The van der Waals surface area contributed by atoms with Gasteiger partial charge in [0.2, 0.25) is 5.82 Å². The van der Waals surface area contributed by atoms with E-state index in [9.17, 15) is 8.78 Å². The quantitative estimate of drug-likeness (QED) is 0.464. The zero-order valence-corrected chi connectivity index (χ0v) is 14.1. The van der Waals surface area contributed by atoms with E-state index in [1.165, 1.54) is 0 Å². The van der Waals surface area contributed by atoms with Crippen molar-refractivity contribution in [3.63, 3.8) is 0 Å². The third-order valence-corrected chi connectivity index (χ3v) is 3.46. The van der Waals surface area contributed by atoms with E-state index in [1.54, 1.807) is 18.4 Å². The van der Waals surface area contributed by atoms with Crippen LogP contribution >= 0.6 is 0 Å². The SMILES string of the molecule is CCNC(=NCc1cc(F)ccc1F)NCc1nc(-c2ccco2)n[nH]1. The molecule has 3 N–H and O–H groups in total. The van der Waals surface area contributed by atoms with Crippen molar-refractivity contribution in [1.82, 2.24) is 25.8 Å². The van der Waals surface area contributed by atoms with E-state index < -0.39 is 11.6 Å². The maximum atomic E-state index is 13.7. The number of H-pyrrole nitrogens is 1. The molecule has 2 heterocycles. The molecule has 0 fully saturated rings. The molecule has 0 amide bonds. The first-order valence-electron chi connectivity index (χ1n) is 8.07. The van der Waals surface area contributed by atoms with E-state index in [2.05, 4.69) is 30.8 Å². The number of halogens is 2. The van der Waals surface area contributed by atoms with E-state index in [0.29, 0.717) is 36.5 Å². The zero-order valence-electron chi connectivity index (χ0n) is 14.1. The minimum absolute atomic E-state index is 0.00692. The number of benzene rings is 1. The fourth-order valence-corrected chi connectivity index (χ4v) is 2.23. The number of rotatable bonds is 6. The summed E-state index contributed by atoms with van der Waals surface area (Å²) in [5.41, 5.74) is 0.182. The van der Waals surface area contributed by atoms with Gasteiger partial charge >= 0.3 is 0 Å². The van der Waals surface area contributed by atoms with Crippen molar-refractivity contribution in [3.8, 4) is 11.6 Å². The van der Waals surface area contributed by atoms with Gasteiger partial charge in [0.25, 0.3) is 0 Å². The lowest BCUT2D eigenvalue weighted by Gasteiger charge is -2.10. The van der Waals surface area contributed by atoms with Gasteiger partial charge in [-0.05, 0) is 37.3 Å². The summed E-state index contributed by atoms with van der Waals surface area (Å²) >= 11 is 0. The molecule has 26 heavy (non-hydrogen) atoms. The maximum absolute atomic E-state index is 13.7. The molecule has 7 nitrogen and oxygen atoms in total. The Morgan fingerprint density at radius 3 is 2.92 bits per heavy atom. The van der Waals surface area contributed by atoms with Crippen LogP contribution in [0.25, 0.3) is 11.6 Å². The summed E-state index contributed by atoms with van der Waals surface area (Å²) < 4.78 is 32.2. The lowest BCUT2D eigenvalue weighted by molar-refractivity contribution is 0.577. The van der Waals surface area contributed by atoms with Gasteiger partial charge in [-0.15, -0.1) is 5.10 Å². The summed E-state index contributed by atoms with van der Waals surface area (Å²) in [6, 6.07) is 6.82. The smallest absolute Gasteiger partial charge is 0.216 e. The molecule has 0 spiro atoms. The summed E-state index contributed by atoms with van der Waals surface area (Å²) in [7, 11) is 0. The largest absolute Gasteiger partial charge is 0.461 e. The zero-order chi connectivity index (χ0) is 18.4. The van der Waals surface area contributed by atoms with Crippen molar-refractivity contribution in [3.05, 3.63) is 59.6 Å². The van der Waals surface area contributed by atoms with Crippen LogP contribution < -0.4 is 10.6 Å². The number of furan rings is 1. The second kappa shape index (κ2) is 8.24. The first-order chi connectivity index (χ1) is 12.7. The molecule has 0 aliphatic rings. The van der Waals surface area contributed by atoms with Gasteiger partial charge in [-0.3, -0.25) is 5.10 Å². The molecular formula is C17H18F2N6O. The van der Waals surface area contributed by atoms with Crippen molar-refractivity contribution < 1.29 is 13.2 Å². The van der Waals surface area contributed by atoms with Crippen LogP contribution in [0.1, 0.15) is 18.3 Å². The minimum Gasteiger partial charge on any atom is -0.461 e. The van der Waals surface area contributed by atoms with Crippen LogP contribution in [0.4, 0.5) is 8.78 Å². The van der Waals surface area contributed by atoms with Crippen molar-refractivity contribution in [2.24, 2.45) is 4.99 Å². The van der Waals surface area contributed by atoms with Gasteiger partial charge in [-0.2, -0.15) is 0 Å². The number of guanidine groups is 1. The van der Waals surface area contributed by atoms with E-state index in [4.69, 9.17) is 4.42 Å². The van der Waals surface area contributed by atoms with E-state index in [-0.39, 0.29) is 12.1 Å². The Labute approximate surface area is 148 Å². The summed E-state index contributed by atoms with van der Waals surface area (Å²) in [6.45, 7) is 2.85. The average molecular weight is 360 g/mol. The number of hydrogen-bond acceptors (Lipinski definition) is 4. The number of nitrogens with zero attached hydrogens (tertiary/aromatic N) is 3. The van der Waals surface area contributed by atoms with Crippen LogP contribution in [-0.2, 0) is 13.1 Å². The fraction of sp³-hybridized carbons (Fsp3) is 0.235. The molecular weight excluding hydrogens is 342 g/mol. The van der Waals surface area contributed by atoms with Crippen molar-refractivity contribution in [2.45, 2.75) is 20.0 Å². The van der Waals surface area contributed by atoms with Gasteiger partial charge in [-0.25, -0.2) is 18.8 Å². The van der Waals surface area contributed by atoms with E-state index in [0.717, 1.165) is 18.2 Å². The first-order valence-corrected chi connectivity index (χ1v) is 8.07. The van der Waals surface area contributed by atoms with Crippen LogP contribution in [0.5, 0.6) is 0 Å². The van der Waals surface area contributed by atoms with Crippen molar-refractivity contribution in [1.29, 1.82) is 0 Å². The molecule has 0 unspecified atom stereocenters. The Kier molecular flexibility index (Phi) is 5.57. The fourth-order valence-electron chi connectivity index (χ4n) is 2.23. The monoisotopic (exact) mass is 360 g/mol. The van der Waals surface area contributed by atoms with Gasteiger partial charge in [0.05, 0.1) is 19.4 Å². The second-order valence-corrected chi connectivity index (χ2v) is 5.37. The summed E-state index contributed by atoms with van der Waals surface area (Å²) in [6.07, 6.45) is 1.55. The lowest BCUT2D eigenvalue weighted by atomic mass is 10.2. The van der Waals surface area contributed by atoms with Crippen LogP contribution in [0, 0.1) is 11.6 Å². The molecule has 0 radical (unpaired) electrons. The topological polar surface area (TPSA) is 91.1 Å². The van der Waals surface area contributed by atoms with Crippen LogP contribution in [0.15, 0.2) is 46.0 Å². The summed E-state index contributed by atoms with van der Waals surface area (Å²) in [5, 5.41) is 13.0. The lowest BCUT2D eigenvalue weighted by Crippen LogP contribution is -2.37. The highest BCUT2D eigenvalue weighted by atomic mass is 19.1. The third-order valence-electron chi connectivity index (χ3n) is 3.46. The Bertz CT molecular complexity index is 875. The van der Waals surface area contributed by atoms with Crippen molar-refractivity contribution >= 4 is 5.96 Å². The van der Waals surface area contributed by atoms with Crippen LogP contribution in [-0.4, -0.2) is 27.7 Å². The molecule has 0 saturated carbocycles. The van der Waals surface area contributed by atoms with Gasteiger partial charge in [0.1, 0.15) is 17.5 Å². The predicted molar refractivity (Wildman–Crippen MR) is 92.1 cm³/mol. The molecule has 1 aromatic carbocycles. The molecule has 0 saturated heterocycles. The number of nitrogens with one attached hydrogen (secondary N) is 3. The third kappa shape index (κ3) is 4.44. The van der Waals surface area contributed by atoms with E-state index in [1.807, 2.05) is 6.92 Å².